The Labute approximate surface area is 120 Å². The number of nitrogens with zero attached hydrogens (tertiary/aromatic N) is 2. The molecule has 2 heterocycles. The van der Waals surface area contributed by atoms with Crippen molar-refractivity contribution in [2.24, 2.45) is 0 Å². The third kappa shape index (κ3) is 2.59. The highest BCUT2D eigenvalue weighted by molar-refractivity contribution is 5.97. The van der Waals surface area contributed by atoms with Crippen molar-refractivity contribution >= 4 is 5.91 Å². The molecule has 2 atom stereocenters. The number of carbonyl (C=O) groups excluding carboxylic acids is 1. The van der Waals surface area contributed by atoms with E-state index in [1.807, 2.05) is 39.5 Å². The van der Waals surface area contributed by atoms with Crippen LogP contribution in [0.25, 0.3) is 0 Å². The van der Waals surface area contributed by atoms with E-state index in [-0.39, 0.29) is 23.4 Å². The average Bonchev–Trinajstić information content (AvgIpc) is 2.70. The van der Waals surface area contributed by atoms with Crippen molar-refractivity contribution in [3.63, 3.8) is 0 Å². The smallest absolute Gasteiger partial charge is 0.260 e. The molecule has 20 heavy (non-hydrogen) atoms. The van der Waals surface area contributed by atoms with Gasteiger partial charge in [0.25, 0.3) is 5.91 Å². The number of ether oxygens (including phenoxy) is 1. The van der Waals surface area contributed by atoms with E-state index in [4.69, 9.17) is 9.26 Å². The minimum Gasteiger partial charge on any atom is -0.377 e. The predicted octanol–water partition coefficient (Wildman–Crippen LogP) is 2.53. The average molecular weight is 280 g/mol. The zero-order valence-electron chi connectivity index (χ0n) is 13.2. The lowest BCUT2D eigenvalue weighted by atomic mass is 9.88. The summed E-state index contributed by atoms with van der Waals surface area (Å²) in [5.74, 6) is 0.586. The Morgan fingerprint density at radius 1 is 1.25 bits per heavy atom. The molecule has 1 aromatic rings. The monoisotopic (exact) mass is 280 g/mol. The van der Waals surface area contributed by atoms with E-state index in [1.165, 1.54) is 0 Å². The van der Waals surface area contributed by atoms with Crippen molar-refractivity contribution in [2.75, 3.05) is 13.2 Å². The van der Waals surface area contributed by atoms with Gasteiger partial charge in [-0.2, -0.15) is 0 Å². The Bertz CT molecular complexity index is 492. The zero-order chi connectivity index (χ0) is 15.1. The number of hydrogen-bond acceptors (Lipinski definition) is 4. The van der Waals surface area contributed by atoms with Crippen LogP contribution in [0.1, 0.15) is 56.4 Å². The molecule has 1 aliphatic rings. The Kier molecular flexibility index (Phi) is 3.91. The molecular weight excluding hydrogens is 256 g/mol. The topological polar surface area (TPSA) is 55.6 Å². The summed E-state index contributed by atoms with van der Waals surface area (Å²) in [6.07, 6.45) is 0. The van der Waals surface area contributed by atoms with E-state index < -0.39 is 0 Å². The van der Waals surface area contributed by atoms with Crippen LogP contribution >= 0.6 is 0 Å². The minimum absolute atomic E-state index is 0.00280. The first kappa shape index (κ1) is 15.0. The number of amides is 1. The molecule has 0 radical (unpaired) electrons. The summed E-state index contributed by atoms with van der Waals surface area (Å²) in [6.45, 7) is 13.1. The number of aromatic nitrogens is 1. The minimum atomic E-state index is -0.221. The maximum atomic E-state index is 12.9. The van der Waals surface area contributed by atoms with Crippen molar-refractivity contribution in [3.8, 4) is 0 Å². The number of rotatable bonds is 1. The molecule has 5 nitrogen and oxygen atoms in total. The van der Waals surface area contributed by atoms with Gasteiger partial charge in [-0.3, -0.25) is 4.79 Å². The summed E-state index contributed by atoms with van der Waals surface area (Å²) in [6, 6.07) is 0.127. The van der Waals surface area contributed by atoms with Crippen LogP contribution < -0.4 is 0 Å². The van der Waals surface area contributed by atoms with Crippen LogP contribution in [0.5, 0.6) is 0 Å². The van der Waals surface area contributed by atoms with Gasteiger partial charge in [0.1, 0.15) is 17.0 Å². The van der Waals surface area contributed by atoms with E-state index in [2.05, 4.69) is 5.16 Å². The van der Waals surface area contributed by atoms with Crippen LogP contribution in [0.4, 0.5) is 0 Å². The first-order valence-corrected chi connectivity index (χ1v) is 7.10. The maximum Gasteiger partial charge on any atom is 0.260 e. The fourth-order valence-corrected chi connectivity index (χ4v) is 2.67. The summed E-state index contributed by atoms with van der Waals surface area (Å²) in [7, 11) is 0. The second-order valence-corrected chi connectivity index (χ2v) is 6.66. The van der Waals surface area contributed by atoms with Gasteiger partial charge in [0.15, 0.2) is 0 Å². The van der Waals surface area contributed by atoms with Gasteiger partial charge < -0.3 is 14.2 Å². The molecule has 1 saturated heterocycles. The van der Waals surface area contributed by atoms with Crippen LogP contribution in [0.3, 0.4) is 0 Å². The largest absolute Gasteiger partial charge is 0.377 e. The summed E-state index contributed by atoms with van der Waals surface area (Å²) >= 11 is 0. The van der Waals surface area contributed by atoms with Crippen LogP contribution in [-0.2, 0) is 10.2 Å². The fourth-order valence-electron chi connectivity index (χ4n) is 2.67. The van der Waals surface area contributed by atoms with Gasteiger partial charge in [-0.15, -0.1) is 0 Å². The van der Waals surface area contributed by atoms with Gasteiger partial charge in [0.05, 0.1) is 25.3 Å². The van der Waals surface area contributed by atoms with Gasteiger partial charge >= 0.3 is 0 Å². The molecule has 2 unspecified atom stereocenters. The van der Waals surface area contributed by atoms with Crippen molar-refractivity contribution in [2.45, 2.75) is 59.0 Å². The van der Waals surface area contributed by atoms with Crippen LogP contribution in [-0.4, -0.2) is 41.3 Å². The highest BCUT2D eigenvalue weighted by Crippen LogP contribution is 2.29. The van der Waals surface area contributed by atoms with Gasteiger partial charge in [-0.25, -0.2) is 0 Å². The van der Waals surface area contributed by atoms with E-state index in [9.17, 15) is 4.79 Å². The molecule has 1 fully saturated rings. The third-order valence-electron chi connectivity index (χ3n) is 3.69. The fraction of sp³-hybridized carbons (Fsp3) is 0.733. The highest BCUT2D eigenvalue weighted by Gasteiger charge is 2.36. The Balaban J connectivity index is 2.41. The second-order valence-electron chi connectivity index (χ2n) is 6.66. The standard InChI is InChI=1S/C15H24N2O3/c1-9-7-19-8-10(2)17(9)14(18)12-11(3)20-16-13(12)15(4,5)6/h9-10H,7-8H2,1-6H3. The van der Waals surface area contributed by atoms with Crippen LogP contribution in [0.2, 0.25) is 0 Å². The number of morpholine rings is 1. The Hall–Kier alpha value is -1.36. The van der Waals surface area contributed by atoms with E-state index in [0.29, 0.717) is 24.5 Å². The molecule has 0 spiro atoms. The number of carbonyl (C=O) groups is 1. The Morgan fingerprint density at radius 2 is 1.80 bits per heavy atom. The quantitative estimate of drug-likeness (QED) is 0.793. The van der Waals surface area contributed by atoms with E-state index in [0.717, 1.165) is 5.69 Å². The van der Waals surface area contributed by atoms with Gasteiger partial charge in [-0.1, -0.05) is 25.9 Å². The third-order valence-corrected chi connectivity index (χ3v) is 3.69. The molecule has 0 saturated carbocycles. The Morgan fingerprint density at radius 3 is 2.30 bits per heavy atom. The molecular formula is C15H24N2O3. The molecule has 5 heteroatoms. The summed E-state index contributed by atoms with van der Waals surface area (Å²) in [5.41, 5.74) is 1.12. The lowest BCUT2D eigenvalue weighted by Crippen LogP contribution is -2.52. The van der Waals surface area contributed by atoms with Gasteiger partial charge in [0.2, 0.25) is 0 Å². The molecule has 0 aliphatic carbocycles. The zero-order valence-corrected chi connectivity index (χ0v) is 13.2. The van der Waals surface area contributed by atoms with Crippen molar-refractivity contribution < 1.29 is 14.1 Å². The van der Waals surface area contributed by atoms with Crippen molar-refractivity contribution in [1.29, 1.82) is 0 Å². The second kappa shape index (κ2) is 5.20. The molecule has 0 aromatic carbocycles. The summed E-state index contributed by atoms with van der Waals surface area (Å²) in [5, 5.41) is 4.10. The molecule has 2 rings (SSSR count). The molecule has 1 aromatic heterocycles. The highest BCUT2D eigenvalue weighted by atomic mass is 16.5. The normalized spacial score (nSPS) is 24.0. The van der Waals surface area contributed by atoms with E-state index >= 15 is 0 Å². The van der Waals surface area contributed by atoms with Crippen molar-refractivity contribution in [1.82, 2.24) is 10.1 Å². The van der Waals surface area contributed by atoms with Crippen LogP contribution in [0, 0.1) is 6.92 Å². The number of aryl methyl sites for hydroxylation is 1. The number of hydrogen-bond donors (Lipinski definition) is 0. The van der Waals surface area contributed by atoms with Gasteiger partial charge in [-0.05, 0) is 20.8 Å². The lowest BCUT2D eigenvalue weighted by Gasteiger charge is -2.39. The predicted molar refractivity (Wildman–Crippen MR) is 75.9 cm³/mol. The molecule has 0 bridgehead atoms. The van der Waals surface area contributed by atoms with Crippen LogP contribution in [0.15, 0.2) is 4.52 Å². The molecule has 1 aliphatic heterocycles. The summed E-state index contributed by atoms with van der Waals surface area (Å²) < 4.78 is 10.8. The van der Waals surface area contributed by atoms with Crippen molar-refractivity contribution in [3.05, 3.63) is 17.0 Å². The SMILES string of the molecule is Cc1onc(C(C)(C)C)c1C(=O)N1C(C)COCC1C. The molecule has 1 amide bonds. The van der Waals surface area contributed by atoms with E-state index in [1.54, 1.807) is 6.92 Å². The maximum absolute atomic E-state index is 12.9. The first-order valence-electron chi connectivity index (χ1n) is 7.10. The lowest BCUT2D eigenvalue weighted by molar-refractivity contribution is -0.0251. The summed E-state index contributed by atoms with van der Waals surface area (Å²) in [4.78, 5) is 14.8. The first-order chi connectivity index (χ1) is 9.23. The molecule has 0 N–H and O–H groups in total. The van der Waals surface area contributed by atoms with Gasteiger partial charge in [0, 0.05) is 5.41 Å². The molecule has 112 valence electrons.